The molecule has 0 atom stereocenters. The number of nitro benzene ring substituents is 1. The van der Waals surface area contributed by atoms with E-state index in [2.05, 4.69) is 10.6 Å². The van der Waals surface area contributed by atoms with E-state index in [1.54, 1.807) is 0 Å². The van der Waals surface area contributed by atoms with Gasteiger partial charge in [-0.15, -0.1) is 0 Å². The number of carbonyl (C=O) groups is 2. The molecule has 1 aromatic carbocycles. The highest BCUT2D eigenvalue weighted by molar-refractivity contribution is 5.98. The second-order valence-electron chi connectivity index (χ2n) is 4.78. The number of hydrogen-bond acceptors (Lipinski definition) is 5. The van der Waals surface area contributed by atoms with Crippen molar-refractivity contribution in [1.82, 2.24) is 10.6 Å². The maximum atomic E-state index is 11.9. The quantitative estimate of drug-likeness (QED) is 0.402. The first-order chi connectivity index (χ1) is 9.99. The van der Waals surface area contributed by atoms with Crippen molar-refractivity contribution in [2.24, 2.45) is 5.92 Å². The SMILES string of the molecule is O=C(NCCNC(=O)C1CC1)c1cc(O)ccc1[N+](=O)[O-]. The number of nitrogens with zero attached hydrogens (tertiary/aromatic N) is 1. The Morgan fingerprint density at radius 3 is 2.57 bits per heavy atom. The molecule has 0 heterocycles. The van der Waals surface area contributed by atoms with Gasteiger partial charge < -0.3 is 15.7 Å². The number of aromatic hydroxyl groups is 1. The summed E-state index contributed by atoms with van der Waals surface area (Å²) in [5.74, 6) is -0.841. The molecule has 0 spiro atoms. The molecule has 1 fully saturated rings. The van der Waals surface area contributed by atoms with Crippen molar-refractivity contribution >= 4 is 17.5 Å². The molecule has 0 radical (unpaired) electrons. The summed E-state index contributed by atoms with van der Waals surface area (Å²) in [5, 5.41) is 25.3. The molecular weight excluding hydrogens is 278 g/mol. The van der Waals surface area contributed by atoms with E-state index in [0.717, 1.165) is 31.0 Å². The number of rotatable bonds is 6. The van der Waals surface area contributed by atoms with Crippen LogP contribution in [0.25, 0.3) is 0 Å². The fraction of sp³-hybridized carbons (Fsp3) is 0.385. The van der Waals surface area contributed by atoms with Gasteiger partial charge in [-0.25, -0.2) is 0 Å². The topological polar surface area (TPSA) is 122 Å². The molecule has 8 nitrogen and oxygen atoms in total. The second kappa shape index (κ2) is 6.21. The van der Waals surface area contributed by atoms with Crippen molar-refractivity contribution in [2.75, 3.05) is 13.1 Å². The van der Waals surface area contributed by atoms with Crippen molar-refractivity contribution < 1.29 is 19.6 Å². The minimum atomic E-state index is -0.691. The van der Waals surface area contributed by atoms with E-state index in [1.807, 2.05) is 0 Å². The minimum absolute atomic E-state index is 0.0346. The summed E-state index contributed by atoms with van der Waals surface area (Å²) in [4.78, 5) is 33.4. The third-order valence-electron chi connectivity index (χ3n) is 3.08. The van der Waals surface area contributed by atoms with Crippen LogP contribution >= 0.6 is 0 Å². The summed E-state index contributed by atoms with van der Waals surface area (Å²) < 4.78 is 0. The number of nitrogens with one attached hydrogen (secondary N) is 2. The average Bonchev–Trinajstić information content (AvgIpc) is 3.27. The Balaban J connectivity index is 1.89. The molecule has 1 aromatic rings. The maximum Gasteiger partial charge on any atom is 0.282 e. The lowest BCUT2D eigenvalue weighted by Gasteiger charge is -2.07. The Morgan fingerprint density at radius 1 is 1.29 bits per heavy atom. The molecule has 1 aliphatic carbocycles. The molecular formula is C13H15N3O5. The van der Waals surface area contributed by atoms with Gasteiger partial charge in [0.05, 0.1) is 4.92 Å². The Morgan fingerprint density at radius 2 is 1.95 bits per heavy atom. The largest absolute Gasteiger partial charge is 0.508 e. The first kappa shape index (κ1) is 14.8. The van der Waals surface area contributed by atoms with Crippen LogP contribution in [0.4, 0.5) is 5.69 Å². The summed E-state index contributed by atoms with van der Waals surface area (Å²) in [7, 11) is 0. The van der Waals surface area contributed by atoms with Gasteiger partial charge in [0.1, 0.15) is 11.3 Å². The number of phenols is 1. The first-order valence-electron chi connectivity index (χ1n) is 6.52. The van der Waals surface area contributed by atoms with Gasteiger partial charge >= 0.3 is 0 Å². The predicted octanol–water partition coefficient (Wildman–Crippen LogP) is 0.556. The molecule has 1 saturated carbocycles. The molecule has 2 amide bonds. The normalized spacial score (nSPS) is 13.5. The van der Waals surface area contributed by atoms with Crippen molar-refractivity contribution in [1.29, 1.82) is 0 Å². The Hall–Kier alpha value is -2.64. The summed E-state index contributed by atoms with van der Waals surface area (Å²) in [5.41, 5.74) is -0.596. The van der Waals surface area contributed by atoms with Crippen LogP contribution in [0.5, 0.6) is 5.75 Å². The van der Waals surface area contributed by atoms with Gasteiger partial charge in [-0.3, -0.25) is 19.7 Å². The van der Waals surface area contributed by atoms with Gasteiger partial charge in [-0.2, -0.15) is 0 Å². The zero-order chi connectivity index (χ0) is 15.4. The molecule has 0 aromatic heterocycles. The number of hydrogen-bond donors (Lipinski definition) is 3. The summed E-state index contributed by atoms with van der Waals surface area (Å²) >= 11 is 0. The monoisotopic (exact) mass is 293 g/mol. The lowest BCUT2D eigenvalue weighted by Crippen LogP contribution is -2.35. The van der Waals surface area contributed by atoms with Crippen LogP contribution in [0.2, 0.25) is 0 Å². The van der Waals surface area contributed by atoms with Gasteiger partial charge in [-0.05, 0) is 25.0 Å². The van der Waals surface area contributed by atoms with E-state index in [-0.39, 0.29) is 41.9 Å². The number of benzene rings is 1. The zero-order valence-electron chi connectivity index (χ0n) is 11.2. The maximum absolute atomic E-state index is 11.9. The molecule has 112 valence electrons. The summed E-state index contributed by atoms with van der Waals surface area (Å²) in [6.45, 7) is 0.414. The first-order valence-corrected chi connectivity index (χ1v) is 6.52. The third-order valence-corrected chi connectivity index (χ3v) is 3.08. The van der Waals surface area contributed by atoms with Crippen LogP contribution < -0.4 is 10.6 Å². The second-order valence-corrected chi connectivity index (χ2v) is 4.78. The Bertz CT molecular complexity index is 583. The molecule has 2 rings (SSSR count). The van der Waals surface area contributed by atoms with E-state index in [4.69, 9.17) is 0 Å². The van der Waals surface area contributed by atoms with Crippen molar-refractivity contribution in [3.63, 3.8) is 0 Å². The molecule has 8 heteroatoms. The highest BCUT2D eigenvalue weighted by Gasteiger charge is 2.29. The van der Waals surface area contributed by atoms with E-state index in [9.17, 15) is 24.8 Å². The van der Waals surface area contributed by atoms with Gasteiger partial charge in [-0.1, -0.05) is 0 Å². The van der Waals surface area contributed by atoms with Crippen molar-refractivity contribution in [3.8, 4) is 5.75 Å². The van der Waals surface area contributed by atoms with Crippen LogP contribution in [0, 0.1) is 16.0 Å². The zero-order valence-corrected chi connectivity index (χ0v) is 11.2. The molecule has 0 bridgehead atoms. The minimum Gasteiger partial charge on any atom is -0.508 e. The standard InChI is InChI=1S/C13H15N3O5/c17-9-3-4-11(16(20)21)10(7-9)13(19)15-6-5-14-12(18)8-1-2-8/h3-4,7-8,17H,1-2,5-6H2,(H,14,18)(H,15,19). The van der Waals surface area contributed by atoms with E-state index < -0.39 is 10.8 Å². The molecule has 0 unspecified atom stereocenters. The van der Waals surface area contributed by atoms with Crippen LogP contribution in [0.15, 0.2) is 18.2 Å². The van der Waals surface area contributed by atoms with Crippen molar-refractivity contribution in [2.45, 2.75) is 12.8 Å². The van der Waals surface area contributed by atoms with Crippen LogP contribution in [-0.4, -0.2) is 34.9 Å². The van der Waals surface area contributed by atoms with Gasteiger partial charge in [0.15, 0.2) is 0 Å². The number of carbonyl (C=O) groups excluding carboxylic acids is 2. The van der Waals surface area contributed by atoms with Gasteiger partial charge in [0, 0.05) is 25.1 Å². The smallest absolute Gasteiger partial charge is 0.282 e. The van der Waals surface area contributed by atoms with Crippen molar-refractivity contribution in [3.05, 3.63) is 33.9 Å². The third kappa shape index (κ3) is 3.91. The Labute approximate surface area is 120 Å². The number of nitro groups is 1. The predicted molar refractivity (Wildman–Crippen MR) is 72.8 cm³/mol. The Kier molecular flexibility index (Phi) is 4.36. The fourth-order valence-electron chi connectivity index (χ4n) is 1.81. The lowest BCUT2D eigenvalue weighted by molar-refractivity contribution is -0.385. The molecule has 21 heavy (non-hydrogen) atoms. The fourth-order valence-corrected chi connectivity index (χ4v) is 1.81. The number of phenolic OH excluding ortho intramolecular Hbond substituents is 1. The highest BCUT2D eigenvalue weighted by Crippen LogP contribution is 2.28. The summed E-state index contributed by atoms with van der Waals surface area (Å²) in [6, 6.07) is 3.25. The van der Waals surface area contributed by atoms with E-state index in [0.29, 0.717) is 0 Å². The molecule has 0 aliphatic heterocycles. The van der Waals surface area contributed by atoms with Gasteiger partial charge in [0.25, 0.3) is 11.6 Å². The molecule has 1 aliphatic rings. The van der Waals surface area contributed by atoms with E-state index >= 15 is 0 Å². The average molecular weight is 293 g/mol. The van der Waals surface area contributed by atoms with Crippen LogP contribution in [0.3, 0.4) is 0 Å². The van der Waals surface area contributed by atoms with Crippen LogP contribution in [0.1, 0.15) is 23.2 Å². The molecule has 0 saturated heterocycles. The van der Waals surface area contributed by atoms with Gasteiger partial charge in [0.2, 0.25) is 5.91 Å². The molecule has 3 N–H and O–H groups in total. The van der Waals surface area contributed by atoms with Crippen LogP contribution in [-0.2, 0) is 4.79 Å². The highest BCUT2D eigenvalue weighted by atomic mass is 16.6. The number of amides is 2. The van der Waals surface area contributed by atoms with E-state index in [1.165, 1.54) is 0 Å². The summed E-state index contributed by atoms with van der Waals surface area (Å²) in [6.07, 6.45) is 1.79. The lowest BCUT2D eigenvalue weighted by atomic mass is 10.1.